The highest BCUT2D eigenvalue weighted by Gasteiger charge is 2.36. The normalized spacial score (nSPS) is 15.1. The van der Waals surface area contributed by atoms with Crippen LogP contribution in [0.25, 0.3) is 0 Å². The van der Waals surface area contributed by atoms with E-state index in [9.17, 15) is 9.59 Å². The van der Waals surface area contributed by atoms with Gasteiger partial charge in [-0.1, -0.05) is 12.1 Å². The number of ether oxygens (including phenoxy) is 3. The number of thiophene rings is 1. The minimum Gasteiger partial charge on any atom is -0.497 e. The van der Waals surface area contributed by atoms with Gasteiger partial charge < -0.3 is 24.0 Å². The Kier molecular flexibility index (Phi) is 8.07. The third-order valence-electron chi connectivity index (χ3n) is 6.57. The second kappa shape index (κ2) is 11.3. The molecule has 0 unspecified atom stereocenters. The predicted molar refractivity (Wildman–Crippen MR) is 145 cm³/mol. The van der Waals surface area contributed by atoms with Crippen molar-refractivity contribution in [2.45, 2.75) is 38.8 Å². The van der Waals surface area contributed by atoms with Gasteiger partial charge in [0.15, 0.2) is 11.5 Å². The first-order valence-electron chi connectivity index (χ1n) is 12.3. The Balaban J connectivity index is 1.56. The molecule has 0 spiro atoms. The molecule has 3 aromatic rings. The molecule has 196 valence electrons. The van der Waals surface area contributed by atoms with Gasteiger partial charge in [0.05, 0.1) is 20.3 Å². The van der Waals surface area contributed by atoms with Gasteiger partial charge in [0, 0.05) is 22.5 Å². The van der Waals surface area contributed by atoms with Gasteiger partial charge >= 0.3 is 0 Å². The summed E-state index contributed by atoms with van der Waals surface area (Å²) in [6, 6.07) is 16.3. The minimum atomic E-state index is -0.556. The fourth-order valence-electron chi connectivity index (χ4n) is 4.51. The summed E-state index contributed by atoms with van der Waals surface area (Å²) in [6.45, 7) is 6.66. The molecule has 1 aliphatic heterocycles. The molecule has 7 nitrogen and oxygen atoms in total. The van der Waals surface area contributed by atoms with E-state index < -0.39 is 5.54 Å². The number of nitrogens with zero attached hydrogens (tertiary/aromatic N) is 2. The third-order valence-corrected chi connectivity index (χ3v) is 7.56. The quantitative estimate of drug-likeness (QED) is 0.406. The van der Waals surface area contributed by atoms with E-state index in [2.05, 4.69) is 11.4 Å². The molecule has 2 aromatic carbocycles. The van der Waals surface area contributed by atoms with Crippen LogP contribution in [-0.2, 0) is 11.2 Å². The lowest BCUT2D eigenvalue weighted by molar-refractivity contribution is -0.136. The smallest absolute Gasteiger partial charge is 0.254 e. The fourth-order valence-corrected chi connectivity index (χ4v) is 5.44. The maximum Gasteiger partial charge on any atom is 0.254 e. The molecular weight excluding hydrogens is 488 g/mol. The van der Waals surface area contributed by atoms with Crippen LogP contribution < -0.4 is 14.2 Å². The molecule has 8 heteroatoms. The fraction of sp³-hybridized carbons (Fsp3) is 0.379. The number of rotatable bonds is 8. The highest BCUT2D eigenvalue weighted by Crippen LogP contribution is 2.35. The van der Waals surface area contributed by atoms with Gasteiger partial charge in [-0.15, -0.1) is 11.3 Å². The standard InChI is InChI=1S/C29H34N2O5S/c1-29(2,3)31(28(33)20-10-12-21(34-4)13-11-20)18-27(32)30-16-14-26-22(15-17-37-26)23(30)19-36-25-9-7-6-8-24(25)35-5/h6-13,15,17,23H,14,16,18-19H2,1-5H3/t23-/m0/s1. The van der Waals surface area contributed by atoms with Crippen molar-refractivity contribution >= 4 is 23.2 Å². The number of carbonyl (C=O) groups is 2. The van der Waals surface area contributed by atoms with E-state index in [0.717, 1.165) is 12.0 Å². The van der Waals surface area contributed by atoms with Gasteiger partial charge in [-0.2, -0.15) is 0 Å². The molecule has 1 aliphatic rings. The summed E-state index contributed by atoms with van der Waals surface area (Å²) in [7, 11) is 3.19. The molecule has 1 atom stereocenters. The summed E-state index contributed by atoms with van der Waals surface area (Å²) in [4.78, 5) is 32.1. The number of para-hydroxylation sites is 2. The second-order valence-corrected chi connectivity index (χ2v) is 10.9. The number of hydrogen-bond donors (Lipinski definition) is 0. The Bertz CT molecular complexity index is 1230. The first-order valence-corrected chi connectivity index (χ1v) is 13.2. The molecule has 0 bridgehead atoms. The maximum atomic E-state index is 13.8. The Morgan fingerprint density at radius 1 is 1.00 bits per heavy atom. The number of carbonyl (C=O) groups excluding carboxylic acids is 2. The lowest BCUT2D eigenvalue weighted by Crippen LogP contribution is -2.53. The zero-order valence-electron chi connectivity index (χ0n) is 22.0. The SMILES string of the molecule is COc1ccc(C(=O)N(CC(=O)N2CCc3sccc3[C@@H]2COc2ccccc2OC)C(C)(C)C)cc1. The molecule has 2 amide bonds. The van der Waals surface area contributed by atoms with Crippen molar-refractivity contribution in [2.24, 2.45) is 0 Å². The van der Waals surface area contributed by atoms with Crippen molar-refractivity contribution in [3.05, 3.63) is 76.0 Å². The lowest BCUT2D eigenvalue weighted by Gasteiger charge is -2.40. The number of fused-ring (bicyclic) bond motifs is 1. The van der Waals surface area contributed by atoms with E-state index in [1.165, 1.54) is 4.88 Å². The van der Waals surface area contributed by atoms with Crippen LogP contribution in [0.1, 0.15) is 47.6 Å². The van der Waals surface area contributed by atoms with Crippen LogP contribution >= 0.6 is 11.3 Å². The maximum absolute atomic E-state index is 13.8. The van der Waals surface area contributed by atoms with Gasteiger partial charge in [-0.05, 0) is 80.6 Å². The van der Waals surface area contributed by atoms with E-state index in [4.69, 9.17) is 14.2 Å². The van der Waals surface area contributed by atoms with Crippen molar-refractivity contribution in [2.75, 3.05) is 33.9 Å². The van der Waals surface area contributed by atoms with Crippen molar-refractivity contribution in [3.8, 4) is 17.2 Å². The summed E-state index contributed by atoms with van der Waals surface area (Å²) in [5.41, 5.74) is 1.06. The van der Waals surface area contributed by atoms with Gasteiger partial charge in [-0.3, -0.25) is 9.59 Å². The van der Waals surface area contributed by atoms with Gasteiger partial charge in [-0.25, -0.2) is 0 Å². The molecule has 0 fully saturated rings. The monoisotopic (exact) mass is 522 g/mol. The lowest BCUT2D eigenvalue weighted by atomic mass is 9.99. The van der Waals surface area contributed by atoms with Crippen molar-refractivity contribution < 1.29 is 23.8 Å². The molecule has 0 saturated carbocycles. The van der Waals surface area contributed by atoms with E-state index >= 15 is 0 Å². The van der Waals surface area contributed by atoms with Crippen LogP contribution in [0.2, 0.25) is 0 Å². The predicted octanol–water partition coefficient (Wildman–Crippen LogP) is 5.21. The van der Waals surface area contributed by atoms with Crippen molar-refractivity contribution in [1.82, 2.24) is 9.80 Å². The Labute approximate surface area is 222 Å². The van der Waals surface area contributed by atoms with Gasteiger partial charge in [0.1, 0.15) is 18.9 Å². The number of benzene rings is 2. The van der Waals surface area contributed by atoms with E-state index in [0.29, 0.717) is 29.4 Å². The molecule has 1 aromatic heterocycles. The van der Waals surface area contributed by atoms with E-state index in [1.54, 1.807) is 54.7 Å². The number of hydrogen-bond acceptors (Lipinski definition) is 6. The Morgan fingerprint density at radius 2 is 1.70 bits per heavy atom. The molecule has 0 aliphatic carbocycles. The van der Waals surface area contributed by atoms with Crippen LogP contribution in [0.15, 0.2) is 60.0 Å². The zero-order chi connectivity index (χ0) is 26.6. The highest BCUT2D eigenvalue weighted by atomic mass is 32.1. The van der Waals surface area contributed by atoms with E-state index in [-0.39, 0.29) is 31.0 Å². The topological polar surface area (TPSA) is 68.3 Å². The number of methoxy groups -OCH3 is 2. The molecule has 37 heavy (non-hydrogen) atoms. The third kappa shape index (κ3) is 5.91. The molecule has 2 heterocycles. The van der Waals surface area contributed by atoms with Crippen LogP contribution in [0.3, 0.4) is 0 Å². The zero-order valence-corrected chi connectivity index (χ0v) is 22.8. The summed E-state index contributed by atoms with van der Waals surface area (Å²) < 4.78 is 16.8. The van der Waals surface area contributed by atoms with Gasteiger partial charge in [0.25, 0.3) is 5.91 Å². The average molecular weight is 523 g/mol. The molecule has 4 rings (SSSR count). The molecular formula is C29H34N2O5S. The first-order chi connectivity index (χ1) is 17.7. The largest absolute Gasteiger partial charge is 0.497 e. The van der Waals surface area contributed by atoms with Crippen molar-refractivity contribution in [1.29, 1.82) is 0 Å². The first kappa shape index (κ1) is 26.5. The summed E-state index contributed by atoms with van der Waals surface area (Å²) in [5, 5.41) is 2.06. The minimum absolute atomic E-state index is 0.0288. The Hall–Kier alpha value is -3.52. The van der Waals surface area contributed by atoms with Crippen LogP contribution in [0.5, 0.6) is 17.2 Å². The molecule has 0 N–H and O–H groups in total. The van der Waals surface area contributed by atoms with Crippen LogP contribution in [0, 0.1) is 0 Å². The van der Waals surface area contributed by atoms with Crippen LogP contribution in [0.4, 0.5) is 0 Å². The average Bonchev–Trinajstić information content (AvgIpc) is 3.38. The second-order valence-electron chi connectivity index (χ2n) is 9.90. The molecule has 0 saturated heterocycles. The van der Waals surface area contributed by atoms with Crippen molar-refractivity contribution in [3.63, 3.8) is 0 Å². The summed E-state index contributed by atoms with van der Waals surface area (Å²) >= 11 is 1.70. The Morgan fingerprint density at radius 3 is 2.35 bits per heavy atom. The van der Waals surface area contributed by atoms with E-state index in [1.807, 2.05) is 49.9 Å². The van der Waals surface area contributed by atoms with Gasteiger partial charge in [0.2, 0.25) is 5.91 Å². The molecule has 0 radical (unpaired) electrons. The van der Waals surface area contributed by atoms with Crippen LogP contribution in [-0.4, -0.2) is 61.1 Å². The highest BCUT2D eigenvalue weighted by molar-refractivity contribution is 7.10. The number of amides is 2. The summed E-state index contributed by atoms with van der Waals surface area (Å²) in [6.07, 6.45) is 0.784. The summed E-state index contributed by atoms with van der Waals surface area (Å²) in [5.74, 6) is 1.64.